The smallest absolute Gasteiger partial charge is 0.270 e. The molecule has 0 radical (unpaired) electrons. The van der Waals surface area contributed by atoms with Crippen molar-refractivity contribution < 1.29 is 9.66 Å². The van der Waals surface area contributed by atoms with Crippen LogP contribution in [0.25, 0.3) is 27.6 Å². The van der Waals surface area contributed by atoms with Crippen LogP contribution in [-0.4, -0.2) is 9.91 Å². The number of nitro groups is 1. The van der Waals surface area contributed by atoms with Gasteiger partial charge in [-0.3, -0.25) is 10.1 Å². The van der Waals surface area contributed by atoms with E-state index in [1.54, 1.807) is 13.8 Å². The average Bonchev–Trinajstić information content (AvgIpc) is 2.78. The van der Waals surface area contributed by atoms with Crippen LogP contribution in [-0.2, 0) is 0 Å². The molecule has 0 bridgehead atoms. The summed E-state index contributed by atoms with van der Waals surface area (Å²) < 4.78 is 6.17. The fourth-order valence-corrected chi connectivity index (χ4v) is 3.51. The molecule has 0 N–H and O–H groups in total. The largest absolute Gasteiger partial charge is 0.457 e. The quantitative estimate of drug-likeness (QED) is 0.125. The van der Waals surface area contributed by atoms with Gasteiger partial charge in [-0.05, 0) is 48.9 Å². The number of benzene rings is 3. The summed E-state index contributed by atoms with van der Waals surface area (Å²) in [5.74, 6) is 2.73. The summed E-state index contributed by atoms with van der Waals surface area (Å²) in [4.78, 5) is 15.4. The lowest BCUT2D eigenvalue weighted by Gasteiger charge is -2.17. The van der Waals surface area contributed by atoms with Crippen LogP contribution in [0, 0.1) is 35.8 Å². The Labute approximate surface area is 215 Å². The second-order valence-electron chi connectivity index (χ2n) is 10.2. The molecule has 4 rings (SSSR count). The molecule has 0 amide bonds. The minimum absolute atomic E-state index is 0.0489. The zero-order chi connectivity index (χ0) is 27.0. The number of fused-ring (bicyclic) bond motifs is 2. The molecule has 0 aliphatic heterocycles. The van der Waals surface area contributed by atoms with Gasteiger partial charge in [-0.2, -0.15) is 0 Å². The maximum Gasteiger partial charge on any atom is 0.270 e. The summed E-state index contributed by atoms with van der Waals surface area (Å²) in [6.45, 7) is 20.8. The van der Waals surface area contributed by atoms with Crippen molar-refractivity contribution in [2.24, 2.45) is 11.8 Å². The Hall–Kier alpha value is -3.73. The van der Waals surface area contributed by atoms with Gasteiger partial charge in [-0.25, -0.2) is 4.98 Å². The van der Waals surface area contributed by atoms with Crippen molar-refractivity contribution in [1.29, 1.82) is 0 Å². The third kappa shape index (κ3) is 7.64. The lowest BCUT2D eigenvalue weighted by atomic mass is 10.0. The Balaban J connectivity index is 0.000000501. The van der Waals surface area contributed by atoms with Crippen LogP contribution in [0.5, 0.6) is 5.75 Å². The maximum absolute atomic E-state index is 11.1. The fraction of sp³-hybridized carbons (Fsp3) is 0.323. The van der Waals surface area contributed by atoms with E-state index in [9.17, 15) is 10.1 Å². The molecule has 0 unspecified atom stereocenters. The van der Waals surface area contributed by atoms with Gasteiger partial charge in [0, 0.05) is 28.5 Å². The molecule has 0 aliphatic rings. The Kier molecular flexibility index (Phi) is 10.2. The van der Waals surface area contributed by atoms with Gasteiger partial charge < -0.3 is 4.74 Å². The minimum Gasteiger partial charge on any atom is -0.457 e. The number of ether oxygens (including phenoxy) is 1. The number of aryl methyl sites for hydroxylation is 2. The van der Waals surface area contributed by atoms with Crippen molar-refractivity contribution in [3.05, 3.63) is 94.0 Å². The SMILES string of the molecule is C=C(Oc1c(C)cc([N+](=O)[O-])cc1C)c1c2ccccc2nc2ccccc12.CC(C)C.CC(C)C. The van der Waals surface area contributed by atoms with Gasteiger partial charge in [0.05, 0.1) is 16.0 Å². The molecule has 36 heavy (non-hydrogen) atoms. The Morgan fingerprint density at radius 1 is 0.833 bits per heavy atom. The predicted octanol–water partition coefficient (Wildman–Crippen LogP) is 9.29. The number of pyridine rings is 1. The highest BCUT2D eigenvalue weighted by Crippen LogP contribution is 2.35. The van der Waals surface area contributed by atoms with E-state index in [4.69, 9.17) is 9.72 Å². The number of para-hydroxylation sites is 2. The van der Waals surface area contributed by atoms with Crippen LogP contribution in [0.15, 0.2) is 67.2 Å². The fourth-order valence-electron chi connectivity index (χ4n) is 3.51. The minimum atomic E-state index is -0.400. The van der Waals surface area contributed by atoms with E-state index in [1.807, 2.05) is 48.5 Å². The van der Waals surface area contributed by atoms with Gasteiger partial charge in [0.1, 0.15) is 11.5 Å². The van der Waals surface area contributed by atoms with Crippen molar-refractivity contribution in [1.82, 2.24) is 4.98 Å². The van der Waals surface area contributed by atoms with Gasteiger partial charge in [0.25, 0.3) is 5.69 Å². The van der Waals surface area contributed by atoms with Gasteiger partial charge >= 0.3 is 0 Å². The van der Waals surface area contributed by atoms with Crippen LogP contribution in [0.4, 0.5) is 5.69 Å². The van der Waals surface area contributed by atoms with Crippen molar-refractivity contribution >= 4 is 33.3 Å². The van der Waals surface area contributed by atoms with Crippen LogP contribution >= 0.6 is 0 Å². The Bertz CT molecular complexity index is 1270. The standard InChI is InChI=1S/C23H18N2O3.2C4H10/c1-14-12-17(25(26)27)13-15(2)23(14)28-16(3)22-18-8-4-6-10-20(18)24-21-11-7-5-9-19(21)22;2*1-4(2)3/h4-13H,3H2,1-2H3;2*4H,1-3H3. The highest BCUT2D eigenvalue weighted by molar-refractivity contribution is 6.04. The highest BCUT2D eigenvalue weighted by atomic mass is 16.6. The van der Waals surface area contributed by atoms with E-state index in [0.717, 1.165) is 39.2 Å². The van der Waals surface area contributed by atoms with Gasteiger partial charge in [-0.1, -0.05) is 84.5 Å². The second kappa shape index (κ2) is 12.8. The topological polar surface area (TPSA) is 65.3 Å². The third-order valence-corrected chi connectivity index (χ3v) is 4.75. The number of aromatic nitrogens is 1. The first-order valence-electron chi connectivity index (χ1n) is 12.3. The lowest BCUT2D eigenvalue weighted by Crippen LogP contribution is -2.01. The summed E-state index contributed by atoms with van der Waals surface area (Å²) in [6.07, 6.45) is 0. The molecule has 5 heteroatoms. The summed E-state index contributed by atoms with van der Waals surface area (Å²) in [5, 5.41) is 13.0. The van der Waals surface area contributed by atoms with E-state index in [2.05, 4.69) is 48.1 Å². The number of non-ortho nitro benzene ring substituents is 1. The summed E-state index contributed by atoms with van der Waals surface area (Å²) in [6, 6.07) is 18.7. The van der Waals surface area contributed by atoms with Crippen molar-refractivity contribution in [2.75, 3.05) is 0 Å². The molecule has 5 nitrogen and oxygen atoms in total. The molecule has 190 valence electrons. The number of nitrogens with zero attached hydrogens (tertiary/aromatic N) is 2. The number of nitro benzene ring substituents is 1. The van der Waals surface area contributed by atoms with Gasteiger partial charge in [0.2, 0.25) is 0 Å². The first-order valence-corrected chi connectivity index (χ1v) is 12.3. The molecule has 1 heterocycles. The van der Waals surface area contributed by atoms with Crippen molar-refractivity contribution in [3.8, 4) is 5.75 Å². The van der Waals surface area contributed by atoms with E-state index >= 15 is 0 Å². The van der Waals surface area contributed by atoms with Crippen LogP contribution in [0.2, 0.25) is 0 Å². The normalized spacial score (nSPS) is 10.5. The zero-order valence-electron chi connectivity index (χ0n) is 22.8. The first kappa shape index (κ1) is 28.5. The Morgan fingerprint density at radius 3 is 1.61 bits per heavy atom. The van der Waals surface area contributed by atoms with E-state index in [1.165, 1.54) is 12.1 Å². The van der Waals surface area contributed by atoms with Crippen molar-refractivity contribution in [3.63, 3.8) is 0 Å². The zero-order valence-corrected chi connectivity index (χ0v) is 22.8. The second-order valence-corrected chi connectivity index (χ2v) is 10.2. The lowest BCUT2D eigenvalue weighted by molar-refractivity contribution is -0.385. The van der Waals surface area contributed by atoms with Crippen molar-refractivity contribution in [2.45, 2.75) is 55.4 Å². The maximum atomic E-state index is 11.1. The van der Waals surface area contributed by atoms with Crippen LogP contribution in [0.1, 0.15) is 58.2 Å². The highest BCUT2D eigenvalue weighted by Gasteiger charge is 2.17. The number of rotatable bonds is 4. The monoisotopic (exact) mass is 486 g/mol. The van der Waals surface area contributed by atoms with Gasteiger partial charge in [0.15, 0.2) is 0 Å². The van der Waals surface area contributed by atoms with Crippen LogP contribution < -0.4 is 4.74 Å². The van der Waals surface area contributed by atoms with E-state index in [0.29, 0.717) is 22.6 Å². The average molecular weight is 487 g/mol. The number of hydrogen-bond donors (Lipinski definition) is 0. The molecular weight excluding hydrogens is 448 g/mol. The molecule has 0 saturated heterocycles. The third-order valence-electron chi connectivity index (χ3n) is 4.75. The summed E-state index contributed by atoms with van der Waals surface area (Å²) in [5.41, 5.74) is 4.02. The van der Waals surface area contributed by atoms with Crippen LogP contribution in [0.3, 0.4) is 0 Å². The number of hydrogen-bond acceptors (Lipinski definition) is 4. The molecule has 0 aliphatic carbocycles. The molecule has 0 saturated carbocycles. The molecule has 0 atom stereocenters. The van der Waals surface area contributed by atoms with Gasteiger partial charge in [-0.15, -0.1) is 0 Å². The summed E-state index contributed by atoms with van der Waals surface area (Å²) >= 11 is 0. The molecule has 3 aromatic carbocycles. The Morgan fingerprint density at radius 2 is 1.22 bits per heavy atom. The molecule has 1 aromatic heterocycles. The molecular formula is C31H38N2O3. The van der Waals surface area contributed by atoms with E-state index in [-0.39, 0.29) is 5.69 Å². The first-order chi connectivity index (χ1) is 16.9. The predicted molar refractivity (Wildman–Crippen MR) is 153 cm³/mol. The molecule has 4 aromatic rings. The summed E-state index contributed by atoms with van der Waals surface area (Å²) in [7, 11) is 0. The van der Waals surface area contributed by atoms with E-state index < -0.39 is 4.92 Å². The molecule has 0 fully saturated rings. The molecule has 0 spiro atoms.